The topological polar surface area (TPSA) is 82.4 Å². The molecule has 0 saturated heterocycles. The molecule has 48 heavy (non-hydrogen) atoms. The summed E-state index contributed by atoms with van der Waals surface area (Å²) in [6.07, 6.45) is 1.83. The zero-order valence-corrected chi connectivity index (χ0v) is 29.9. The van der Waals surface area contributed by atoms with Crippen LogP contribution in [0.15, 0.2) is 98.7 Å². The molecule has 8 nitrogen and oxygen atoms in total. The van der Waals surface area contributed by atoms with Gasteiger partial charge >= 0.3 is 5.97 Å². The largest absolute Gasteiger partial charge is 0.496 e. The number of hydrogen-bond acceptors (Lipinski definition) is 8. The Kier molecular flexibility index (Phi) is 9.84. The fourth-order valence-corrected chi connectivity index (χ4v) is 7.85. The van der Waals surface area contributed by atoms with Crippen LogP contribution in [0.5, 0.6) is 11.5 Å². The van der Waals surface area contributed by atoms with Crippen molar-refractivity contribution >= 4 is 61.5 Å². The van der Waals surface area contributed by atoms with Gasteiger partial charge in [0.1, 0.15) is 17.5 Å². The van der Waals surface area contributed by atoms with Crippen molar-refractivity contribution in [2.75, 3.05) is 38.8 Å². The Labute approximate surface area is 291 Å². The number of halogens is 1. The fourth-order valence-electron chi connectivity index (χ4n) is 6.24. The highest BCUT2D eigenvalue weighted by molar-refractivity contribution is 9.10. The number of anilines is 1. The first-order valence-corrected chi connectivity index (χ1v) is 17.4. The number of ether oxygens (including phenoxy) is 3. The van der Waals surface area contributed by atoms with Crippen LogP contribution in [0, 0.1) is 0 Å². The molecule has 6 rings (SSSR count). The Bertz CT molecular complexity index is 2220. The van der Waals surface area contributed by atoms with Crippen molar-refractivity contribution in [3.63, 3.8) is 0 Å². The quantitative estimate of drug-likeness (QED) is 0.149. The third kappa shape index (κ3) is 5.95. The SMILES string of the molecule is CCOC(=O)C1=C(c2ccccc2)N=c2sc(=Cc3cc(Br)c(N(CC)CC)cc3OC)c(=O)n2[C@@H]1c1c(OC)ccc2ccccc12. The Morgan fingerprint density at radius 1 is 0.958 bits per heavy atom. The average molecular weight is 727 g/mol. The molecule has 10 heteroatoms. The van der Waals surface area contributed by atoms with Gasteiger partial charge in [-0.25, -0.2) is 9.79 Å². The molecule has 0 radical (unpaired) electrons. The summed E-state index contributed by atoms with van der Waals surface area (Å²) in [5.41, 5.74) is 3.58. The number of hydrogen-bond donors (Lipinski definition) is 0. The van der Waals surface area contributed by atoms with Gasteiger partial charge in [0.25, 0.3) is 5.56 Å². The minimum atomic E-state index is -0.891. The van der Waals surface area contributed by atoms with Crippen LogP contribution in [0.3, 0.4) is 0 Å². The van der Waals surface area contributed by atoms with Crippen molar-refractivity contribution in [1.82, 2.24) is 4.57 Å². The van der Waals surface area contributed by atoms with Crippen LogP contribution in [0.25, 0.3) is 22.5 Å². The van der Waals surface area contributed by atoms with E-state index in [0.717, 1.165) is 45.1 Å². The monoisotopic (exact) mass is 725 g/mol. The van der Waals surface area contributed by atoms with E-state index in [1.165, 1.54) is 11.3 Å². The molecule has 0 bridgehead atoms. The molecule has 0 fully saturated rings. The fraction of sp³-hybridized carbons (Fsp3) is 0.237. The lowest BCUT2D eigenvalue weighted by Gasteiger charge is -2.28. The summed E-state index contributed by atoms with van der Waals surface area (Å²) in [5.74, 6) is 0.629. The summed E-state index contributed by atoms with van der Waals surface area (Å²) in [5, 5.41) is 1.80. The van der Waals surface area contributed by atoms with Gasteiger partial charge in [-0.3, -0.25) is 9.36 Å². The molecule has 2 heterocycles. The highest BCUT2D eigenvalue weighted by atomic mass is 79.9. The molecule has 1 aliphatic heterocycles. The highest BCUT2D eigenvalue weighted by Gasteiger charge is 2.37. The Morgan fingerprint density at radius 2 is 1.67 bits per heavy atom. The van der Waals surface area contributed by atoms with E-state index in [4.69, 9.17) is 19.2 Å². The van der Waals surface area contributed by atoms with Crippen molar-refractivity contribution in [3.8, 4) is 11.5 Å². The normalized spacial score (nSPS) is 14.5. The second-order valence-electron chi connectivity index (χ2n) is 11.1. The number of methoxy groups -OCH3 is 2. The third-order valence-electron chi connectivity index (χ3n) is 8.49. The third-order valence-corrected chi connectivity index (χ3v) is 10.1. The summed E-state index contributed by atoms with van der Waals surface area (Å²) >= 11 is 5.01. The molecule has 1 aromatic heterocycles. The van der Waals surface area contributed by atoms with E-state index < -0.39 is 12.0 Å². The number of esters is 1. The van der Waals surface area contributed by atoms with Crippen LogP contribution in [0.2, 0.25) is 0 Å². The summed E-state index contributed by atoms with van der Waals surface area (Å²) in [4.78, 5) is 36.4. The Balaban J connectivity index is 1.70. The van der Waals surface area contributed by atoms with Gasteiger partial charge in [-0.15, -0.1) is 0 Å². The lowest BCUT2D eigenvalue weighted by atomic mass is 9.89. The number of nitrogens with zero attached hydrogens (tertiary/aromatic N) is 3. The molecule has 0 aliphatic carbocycles. The predicted octanol–water partition coefficient (Wildman–Crippen LogP) is 6.71. The van der Waals surface area contributed by atoms with Crippen molar-refractivity contribution in [3.05, 3.63) is 125 Å². The van der Waals surface area contributed by atoms with Crippen LogP contribution in [-0.2, 0) is 9.53 Å². The maximum atomic E-state index is 14.7. The van der Waals surface area contributed by atoms with Gasteiger partial charge in [0.05, 0.1) is 42.3 Å². The van der Waals surface area contributed by atoms with Crippen molar-refractivity contribution in [2.24, 2.45) is 4.99 Å². The average Bonchev–Trinajstić information content (AvgIpc) is 3.42. The first-order valence-electron chi connectivity index (χ1n) is 15.8. The standard InChI is InChI=1S/C38H36BrN3O5S/c1-6-41(7-2)28-22-30(46-5)25(20-27(28)39)21-31-36(43)42-35(32-26-17-13-12-14-23(26)18-19-29(32)45-4)33(37(44)47-8-3)34(40-38(42)48-31)24-15-10-9-11-16-24/h9-22,35H,6-8H2,1-5H3/t35-/m1/s1. The number of fused-ring (bicyclic) bond motifs is 2. The van der Waals surface area contributed by atoms with Crippen LogP contribution in [0.4, 0.5) is 5.69 Å². The highest BCUT2D eigenvalue weighted by Crippen LogP contribution is 2.42. The van der Waals surface area contributed by atoms with Gasteiger partial charge in [-0.1, -0.05) is 72.0 Å². The minimum absolute atomic E-state index is 0.159. The van der Waals surface area contributed by atoms with Crippen LogP contribution >= 0.6 is 27.3 Å². The maximum absolute atomic E-state index is 14.7. The molecule has 5 aromatic rings. The molecule has 4 aromatic carbocycles. The zero-order valence-electron chi connectivity index (χ0n) is 27.5. The second-order valence-corrected chi connectivity index (χ2v) is 12.9. The summed E-state index contributed by atoms with van der Waals surface area (Å²) in [6.45, 7) is 7.80. The molecule has 0 amide bonds. The molecule has 0 saturated carbocycles. The minimum Gasteiger partial charge on any atom is -0.496 e. The Hall–Kier alpha value is -4.67. The Morgan fingerprint density at radius 3 is 2.35 bits per heavy atom. The summed E-state index contributed by atoms with van der Waals surface area (Å²) in [7, 11) is 3.22. The predicted molar refractivity (Wildman–Crippen MR) is 196 cm³/mol. The van der Waals surface area contributed by atoms with Crippen LogP contribution < -0.4 is 29.3 Å². The number of aromatic nitrogens is 1. The maximum Gasteiger partial charge on any atom is 0.338 e. The lowest BCUT2D eigenvalue weighted by molar-refractivity contribution is -0.138. The lowest BCUT2D eigenvalue weighted by Crippen LogP contribution is -2.40. The van der Waals surface area contributed by atoms with E-state index >= 15 is 0 Å². The van der Waals surface area contributed by atoms with Crippen LogP contribution in [0.1, 0.15) is 43.5 Å². The molecule has 0 unspecified atom stereocenters. The molecule has 0 spiro atoms. The van der Waals surface area contributed by atoms with Gasteiger partial charge in [-0.2, -0.15) is 0 Å². The van der Waals surface area contributed by atoms with E-state index in [2.05, 4.69) is 34.7 Å². The molecule has 246 valence electrons. The van der Waals surface area contributed by atoms with Crippen LogP contribution in [-0.4, -0.2) is 44.5 Å². The van der Waals surface area contributed by atoms with E-state index in [-0.39, 0.29) is 17.7 Å². The smallest absolute Gasteiger partial charge is 0.338 e. The van der Waals surface area contributed by atoms with Gasteiger partial charge < -0.3 is 19.1 Å². The van der Waals surface area contributed by atoms with Crippen molar-refractivity contribution in [1.29, 1.82) is 0 Å². The number of carbonyl (C=O) groups excluding carboxylic acids is 1. The molecule has 1 aliphatic rings. The van der Waals surface area contributed by atoms with E-state index in [1.54, 1.807) is 25.7 Å². The molecule has 0 N–H and O–H groups in total. The van der Waals surface area contributed by atoms with E-state index in [9.17, 15) is 9.59 Å². The number of rotatable bonds is 10. The molecular weight excluding hydrogens is 690 g/mol. The summed E-state index contributed by atoms with van der Waals surface area (Å²) in [6, 6.07) is 24.3. The first kappa shape index (κ1) is 33.2. The molecular formula is C38H36BrN3O5S. The number of benzene rings is 4. The molecule has 1 atom stereocenters. The van der Waals surface area contributed by atoms with Gasteiger partial charge in [-0.05, 0) is 65.7 Å². The number of carbonyl (C=O) groups is 1. The van der Waals surface area contributed by atoms with Gasteiger partial charge in [0, 0.05) is 40.3 Å². The van der Waals surface area contributed by atoms with Gasteiger partial charge in [0.15, 0.2) is 4.80 Å². The second kappa shape index (κ2) is 14.2. The van der Waals surface area contributed by atoms with Crippen molar-refractivity contribution in [2.45, 2.75) is 26.8 Å². The first-order chi connectivity index (χ1) is 23.3. The summed E-state index contributed by atoms with van der Waals surface area (Å²) < 4.78 is 20.4. The zero-order chi connectivity index (χ0) is 33.9. The van der Waals surface area contributed by atoms with Gasteiger partial charge in [0.2, 0.25) is 0 Å². The van der Waals surface area contributed by atoms with E-state index in [0.29, 0.717) is 32.1 Å². The number of thiazole rings is 1. The van der Waals surface area contributed by atoms with Crippen molar-refractivity contribution < 1.29 is 19.0 Å². The van der Waals surface area contributed by atoms with E-state index in [1.807, 2.05) is 84.9 Å².